The Bertz CT molecular complexity index is 857. The molecule has 0 bridgehead atoms. The zero-order valence-corrected chi connectivity index (χ0v) is 17.1. The number of nitrogens with one attached hydrogen (secondary N) is 1. The third-order valence-electron chi connectivity index (χ3n) is 6.98. The van der Waals surface area contributed by atoms with E-state index in [2.05, 4.69) is 36.9 Å². The minimum Gasteiger partial charge on any atom is -0.468 e. The van der Waals surface area contributed by atoms with Gasteiger partial charge in [0.2, 0.25) is 5.82 Å². The fraction of sp³-hybridized carbons (Fsp3) is 0.667. The molecular formula is C21H30N6O2. The van der Waals surface area contributed by atoms with Crippen LogP contribution in [0.15, 0.2) is 22.8 Å². The third-order valence-corrected chi connectivity index (χ3v) is 6.98. The number of rotatable bonds is 4. The summed E-state index contributed by atoms with van der Waals surface area (Å²) in [4.78, 5) is 17.8. The van der Waals surface area contributed by atoms with Gasteiger partial charge in [-0.25, -0.2) is 0 Å². The quantitative estimate of drug-likeness (QED) is 0.849. The van der Waals surface area contributed by atoms with Gasteiger partial charge in [-0.15, -0.1) is 10.2 Å². The van der Waals surface area contributed by atoms with E-state index in [1.165, 1.54) is 19.3 Å². The summed E-state index contributed by atoms with van der Waals surface area (Å²) in [5.41, 5.74) is 0.00183. The number of likely N-dealkylation sites (N-methyl/N-ethyl adjacent to an activating group) is 1. The van der Waals surface area contributed by atoms with Gasteiger partial charge in [-0.2, -0.15) is 0 Å². The highest BCUT2D eigenvalue weighted by Gasteiger charge is 2.46. The third kappa shape index (κ3) is 3.59. The van der Waals surface area contributed by atoms with Crippen LogP contribution in [0.3, 0.4) is 0 Å². The Hall–Kier alpha value is -2.19. The van der Waals surface area contributed by atoms with Gasteiger partial charge in [0.1, 0.15) is 11.6 Å². The highest BCUT2D eigenvalue weighted by atomic mass is 16.3. The van der Waals surface area contributed by atoms with Crippen LogP contribution in [-0.4, -0.2) is 62.2 Å². The SMILES string of the molecule is CN1Cc2nnc(C(=O)NC3CCCCC3)n2C[C@]12CCN(Cc1ccco1)C2. The number of hydrogen-bond donors (Lipinski definition) is 1. The summed E-state index contributed by atoms with van der Waals surface area (Å²) in [5.74, 6) is 2.29. The van der Waals surface area contributed by atoms with E-state index >= 15 is 0 Å². The van der Waals surface area contributed by atoms with Crippen molar-refractivity contribution in [2.45, 2.75) is 69.7 Å². The Morgan fingerprint density at radius 1 is 1.28 bits per heavy atom. The number of amides is 1. The topological polar surface area (TPSA) is 79.4 Å². The zero-order chi connectivity index (χ0) is 19.8. The summed E-state index contributed by atoms with van der Waals surface area (Å²) >= 11 is 0. The first-order valence-electron chi connectivity index (χ1n) is 10.8. The fourth-order valence-corrected chi connectivity index (χ4v) is 5.22. The molecule has 1 saturated heterocycles. The van der Waals surface area contributed by atoms with E-state index in [4.69, 9.17) is 4.42 Å². The van der Waals surface area contributed by atoms with Gasteiger partial charge < -0.3 is 14.3 Å². The van der Waals surface area contributed by atoms with Crippen molar-refractivity contribution in [3.63, 3.8) is 0 Å². The molecule has 3 aliphatic rings. The Morgan fingerprint density at radius 2 is 2.14 bits per heavy atom. The maximum atomic E-state index is 12.9. The molecule has 29 heavy (non-hydrogen) atoms. The number of carbonyl (C=O) groups excluding carboxylic acids is 1. The number of likely N-dealkylation sites (tertiary alicyclic amines) is 1. The molecule has 2 aromatic rings. The van der Waals surface area contributed by atoms with Crippen LogP contribution < -0.4 is 5.32 Å². The van der Waals surface area contributed by atoms with Crippen molar-refractivity contribution in [2.75, 3.05) is 20.1 Å². The van der Waals surface area contributed by atoms with E-state index in [0.717, 1.165) is 63.6 Å². The van der Waals surface area contributed by atoms with Gasteiger partial charge in [0.15, 0.2) is 0 Å². The molecule has 1 amide bonds. The van der Waals surface area contributed by atoms with E-state index in [-0.39, 0.29) is 17.5 Å². The second-order valence-corrected chi connectivity index (χ2v) is 8.95. The van der Waals surface area contributed by atoms with Gasteiger partial charge in [-0.05, 0) is 38.4 Å². The predicted molar refractivity (Wildman–Crippen MR) is 107 cm³/mol. The first-order chi connectivity index (χ1) is 14.1. The predicted octanol–water partition coefficient (Wildman–Crippen LogP) is 2.02. The van der Waals surface area contributed by atoms with Gasteiger partial charge in [-0.3, -0.25) is 14.6 Å². The Kier molecular flexibility index (Phi) is 4.91. The van der Waals surface area contributed by atoms with Gasteiger partial charge >= 0.3 is 0 Å². The van der Waals surface area contributed by atoms with E-state index in [1.54, 1.807) is 6.26 Å². The second kappa shape index (κ2) is 7.57. The summed E-state index contributed by atoms with van der Waals surface area (Å²) in [6.07, 6.45) is 8.60. The Labute approximate surface area is 171 Å². The highest BCUT2D eigenvalue weighted by Crippen LogP contribution is 2.34. The molecule has 156 valence electrons. The molecule has 1 spiro atoms. The molecule has 0 unspecified atom stereocenters. The van der Waals surface area contributed by atoms with Crippen molar-refractivity contribution in [1.82, 2.24) is 29.9 Å². The average molecular weight is 399 g/mol. The van der Waals surface area contributed by atoms with Crippen molar-refractivity contribution in [1.29, 1.82) is 0 Å². The van der Waals surface area contributed by atoms with Crippen molar-refractivity contribution < 1.29 is 9.21 Å². The fourth-order valence-electron chi connectivity index (χ4n) is 5.22. The summed E-state index contributed by atoms with van der Waals surface area (Å²) in [5, 5.41) is 11.8. The molecule has 2 aliphatic heterocycles. The lowest BCUT2D eigenvalue weighted by Gasteiger charge is -2.42. The monoisotopic (exact) mass is 398 g/mol. The van der Waals surface area contributed by atoms with Crippen LogP contribution in [0.4, 0.5) is 0 Å². The molecule has 1 atom stereocenters. The summed E-state index contributed by atoms with van der Waals surface area (Å²) in [6, 6.07) is 4.25. The summed E-state index contributed by atoms with van der Waals surface area (Å²) < 4.78 is 7.60. The molecule has 0 radical (unpaired) electrons. The van der Waals surface area contributed by atoms with Crippen LogP contribution in [0.25, 0.3) is 0 Å². The van der Waals surface area contributed by atoms with Gasteiger partial charge in [0.05, 0.1) is 24.9 Å². The molecule has 8 heteroatoms. The first kappa shape index (κ1) is 18.8. The molecule has 2 aromatic heterocycles. The van der Waals surface area contributed by atoms with Crippen LogP contribution in [0.1, 0.15) is 60.7 Å². The molecule has 0 aromatic carbocycles. The van der Waals surface area contributed by atoms with Crippen LogP contribution in [0.2, 0.25) is 0 Å². The van der Waals surface area contributed by atoms with Crippen molar-refractivity contribution >= 4 is 5.91 Å². The molecule has 4 heterocycles. The van der Waals surface area contributed by atoms with E-state index in [0.29, 0.717) is 5.82 Å². The first-order valence-corrected chi connectivity index (χ1v) is 10.8. The molecule has 8 nitrogen and oxygen atoms in total. The van der Waals surface area contributed by atoms with E-state index in [1.807, 2.05) is 12.1 Å². The van der Waals surface area contributed by atoms with Crippen molar-refractivity contribution in [3.05, 3.63) is 35.8 Å². The zero-order valence-electron chi connectivity index (χ0n) is 17.1. The molecule has 2 fully saturated rings. The molecule has 1 aliphatic carbocycles. The Morgan fingerprint density at radius 3 is 2.93 bits per heavy atom. The second-order valence-electron chi connectivity index (χ2n) is 8.95. The molecule has 5 rings (SSSR count). The van der Waals surface area contributed by atoms with Crippen LogP contribution >= 0.6 is 0 Å². The van der Waals surface area contributed by atoms with Crippen LogP contribution in [0.5, 0.6) is 0 Å². The van der Waals surface area contributed by atoms with Gasteiger partial charge in [0.25, 0.3) is 5.91 Å². The average Bonchev–Trinajstić information content (AvgIpc) is 3.45. The Balaban J connectivity index is 1.31. The van der Waals surface area contributed by atoms with Crippen molar-refractivity contribution in [2.24, 2.45) is 0 Å². The normalized spacial score (nSPS) is 26.1. The van der Waals surface area contributed by atoms with E-state index in [9.17, 15) is 4.79 Å². The molecule has 1 N–H and O–H groups in total. The van der Waals surface area contributed by atoms with Gasteiger partial charge in [-0.1, -0.05) is 19.3 Å². The number of hydrogen-bond acceptors (Lipinski definition) is 6. The smallest absolute Gasteiger partial charge is 0.289 e. The van der Waals surface area contributed by atoms with Crippen molar-refractivity contribution in [3.8, 4) is 0 Å². The lowest BCUT2D eigenvalue weighted by molar-refractivity contribution is 0.0639. The largest absolute Gasteiger partial charge is 0.468 e. The number of furan rings is 1. The van der Waals surface area contributed by atoms with Crippen LogP contribution in [0, 0.1) is 0 Å². The minimum atomic E-state index is -0.0687. The molecular weight excluding hydrogens is 368 g/mol. The number of aromatic nitrogens is 3. The lowest BCUT2D eigenvalue weighted by Crippen LogP contribution is -2.55. The number of fused-ring (bicyclic) bond motifs is 1. The lowest BCUT2D eigenvalue weighted by atomic mass is 9.94. The number of carbonyl (C=O) groups is 1. The van der Waals surface area contributed by atoms with Crippen LogP contribution in [-0.2, 0) is 19.6 Å². The maximum absolute atomic E-state index is 12.9. The van der Waals surface area contributed by atoms with E-state index < -0.39 is 0 Å². The minimum absolute atomic E-state index is 0.00183. The number of nitrogens with zero attached hydrogens (tertiary/aromatic N) is 5. The summed E-state index contributed by atoms with van der Waals surface area (Å²) in [6.45, 7) is 4.27. The molecule has 1 saturated carbocycles. The summed E-state index contributed by atoms with van der Waals surface area (Å²) in [7, 11) is 2.16. The standard InChI is InChI=1S/C21H30N6O2/c1-25-13-18-23-24-19(20(28)22-16-6-3-2-4-7-16)27(18)15-21(25)9-10-26(14-21)12-17-8-5-11-29-17/h5,8,11,16H,2-4,6-7,9-10,12-15H2,1H3,(H,22,28)/t21-/m1/s1. The highest BCUT2D eigenvalue weighted by molar-refractivity contribution is 5.91. The maximum Gasteiger partial charge on any atom is 0.289 e. The van der Waals surface area contributed by atoms with Gasteiger partial charge in [0, 0.05) is 25.7 Å².